The molecule has 4 nitrogen and oxygen atoms in total. The molecule has 0 aliphatic carbocycles. The van der Waals surface area contributed by atoms with E-state index in [1.165, 1.54) is 11.1 Å². The van der Waals surface area contributed by atoms with Crippen LogP contribution >= 0.6 is 0 Å². The quantitative estimate of drug-likeness (QED) is 0.886. The Morgan fingerprint density at radius 3 is 2.29 bits per heavy atom. The Hall–Kier alpha value is -1.81. The van der Waals surface area contributed by atoms with Crippen molar-refractivity contribution < 1.29 is 0 Å². The summed E-state index contributed by atoms with van der Waals surface area (Å²) >= 11 is 0. The molecule has 21 heavy (non-hydrogen) atoms. The molecule has 0 aliphatic heterocycles. The molecule has 112 valence electrons. The third kappa shape index (κ3) is 4.08. The highest BCUT2D eigenvalue weighted by atomic mass is 14.9. The molecule has 0 fully saturated rings. The molecule has 1 unspecified atom stereocenters. The number of nitrogens with zero attached hydrogens (tertiary/aromatic N) is 3. The van der Waals surface area contributed by atoms with Gasteiger partial charge >= 0.3 is 0 Å². The van der Waals surface area contributed by atoms with E-state index in [9.17, 15) is 0 Å². The minimum Gasteiger partial charge on any atom is -0.316 e. The van der Waals surface area contributed by atoms with Crippen molar-refractivity contribution >= 4 is 0 Å². The van der Waals surface area contributed by atoms with Crippen LogP contribution in [0.2, 0.25) is 0 Å². The largest absolute Gasteiger partial charge is 0.316 e. The van der Waals surface area contributed by atoms with Crippen LogP contribution in [0.15, 0.2) is 24.5 Å². The minimum absolute atomic E-state index is 0.430. The van der Waals surface area contributed by atoms with Crippen LogP contribution in [0.1, 0.15) is 48.1 Å². The molecule has 1 atom stereocenters. The Balaban J connectivity index is 2.20. The Morgan fingerprint density at radius 1 is 1.10 bits per heavy atom. The number of pyridine rings is 1. The van der Waals surface area contributed by atoms with Gasteiger partial charge in [0, 0.05) is 36.7 Å². The second kappa shape index (κ2) is 7.27. The smallest absolute Gasteiger partial charge is 0.133 e. The predicted molar refractivity (Wildman–Crippen MR) is 85.5 cm³/mol. The first-order chi connectivity index (χ1) is 10.1. The Morgan fingerprint density at radius 2 is 1.71 bits per heavy atom. The lowest BCUT2D eigenvalue weighted by molar-refractivity contribution is 0.622. The van der Waals surface area contributed by atoms with Crippen LogP contribution in [0.3, 0.4) is 0 Å². The van der Waals surface area contributed by atoms with Crippen LogP contribution in [0.4, 0.5) is 0 Å². The normalized spacial score (nSPS) is 12.4. The van der Waals surface area contributed by atoms with E-state index in [2.05, 4.69) is 38.0 Å². The van der Waals surface area contributed by atoms with Gasteiger partial charge in [-0.05, 0) is 49.6 Å². The van der Waals surface area contributed by atoms with Gasteiger partial charge in [0.25, 0.3) is 0 Å². The summed E-state index contributed by atoms with van der Waals surface area (Å²) in [6.45, 7) is 10.5. The number of likely N-dealkylation sites (N-methyl/N-ethyl adjacent to an activating group) is 1. The van der Waals surface area contributed by atoms with Crippen LogP contribution in [0, 0.1) is 13.8 Å². The van der Waals surface area contributed by atoms with Crippen LogP contribution in [-0.2, 0) is 6.42 Å². The van der Waals surface area contributed by atoms with Gasteiger partial charge in [-0.15, -0.1) is 0 Å². The number of aryl methyl sites for hydroxylation is 2. The predicted octanol–water partition coefficient (Wildman–Crippen LogP) is 2.79. The van der Waals surface area contributed by atoms with E-state index < -0.39 is 0 Å². The second-order valence-electron chi connectivity index (χ2n) is 5.47. The highest BCUT2D eigenvalue weighted by Gasteiger charge is 2.14. The van der Waals surface area contributed by atoms with E-state index in [0.717, 1.165) is 36.7 Å². The van der Waals surface area contributed by atoms with Crippen molar-refractivity contribution in [1.82, 2.24) is 20.3 Å². The van der Waals surface area contributed by atoms with Gasteiger partial charge in [0.05, 0.1) is 0 Å². The van der Waals surface area contributed by atoms with Crippen LogP contribution in [-0.4, -0.2) is 28.0 Å². The van der Waals surface area contributed by atoms with Crippen molar-refractivity contribution in [3.05, 3.63) is 52.9 Å². The third-order valence-corrected chi connectivity index (χ3v) is 3.68. The van der Waals surface area contributed by atoms with E-state index in [1.807, 2.05) is 24.5 Å². The fraction of sp³-hybridized carbons (Fsp3) is 0.471. The summed E-state index contributed by atoms with van der Waals surface area (Å²) in [5.74, 6) is 1.32. The van der Waals surface area contributed by atoms with Crippen molar-refractivity contribution in [2.24, 2.45) is 0 Å². The summed E-state index contributed by atoms with van der Waals surface area (Å²) in [6, 6.07) is 4.02. The molecule has 0 radical (unpaired) electrons. The topological polar surface area (TPSA) is 50.7 Å². The molecule has 2 heterocycles. The zero-order chi connectivity index (χ0) is 15.2. The number of nitrogens with one attached hydrogen (secondary N) is 1. The van der Waals surface area contributed by atoms with Gasteiger partial charge in [-0.1, -0.05) is 13.8 Å². The molecule has 0 amide bonds. The van der Waals surface area contributed by atoms with E-state index in [-0.39, 0.29) is 0 Å². The zero-order valence-corrected chi connectivity index (χ0v) is 13.3. The Bertz CT molecular complexity index is 558. The van der Waals surface area contributed by atoms with Crippen LogP contribution in [0.5, 0.6) is 0 Å². The first-order valence-corrected chi connectivity index (χ1v) is 7.55. The van der Waals surface area contributed by atoms with Gasteiger partial charge in [0.1, 0.15) is 5.82 Å². The molecule has 0 bridgehead atoms. The van der Waals surface area contributed by atoms with Gasteiger partial charge in [-0.2, -0.15) is 0 Å². The molecule has 4 heteroatoms. The summed E-state index contributed by atoms with van der Waals surface area (Å²) in [7, 11) is 0. The fourth-order valence-corrected chi connectivity index (χ4v) is 2.73. The van der Waals surface area contributed by atoms with Gasteiger partial charge in [0.2, 0.25) is 0 Å². The summed E-state index contributed by atoms with van der Waals surface area (Å²) in [5, 5.41) is 3.39. The molecule has 0 aromatic carbocycles. The molecule has 2 aromatic rings. The molecule has 1 N–H and O–H groups in total. The van der Waals surface area contributed by atoms with E-state index in [1.54, 1.807) is 0 Å². The number of rotatable bonds is 6. The molecule has 0 saturated heterocycles. The van der Waals surface area contributed by atoms with Gasteiger partial charge in [-0.3, -0.25) is 4.98 Å². The number of hydrogen-bond donors (Lipinski definition) is 1. The average molecular weight is 284 g/mol. The molecule has 0 spiro atoms. The molecule has 0 aliphatic rings. The lowest BCUT2D eigenvalue weighted by atomic mass is 9.97. The van der Waals surface area contributed by atoms with Gasteiger partial charge < -0.3 is 5.32 Å². The first-order valence-electron chi connectivity index (χ1n) is 7.55. The lowest BCUT2D eigenvalue weighted by Gasteiger charge is -2.17. The maximum atomic E-state index is 4.70. The van der Waals surface area contributed by atoms with Crippen molar-refractivity contribution in [3.63, 3.8) is 0 Å². The van der Waals surface area contributed by atoms with Crippen LogP contribution < -0.4 is 5.32 Å². The summed E-state index contributed by atoms with van der Waals surface area (Å²) in [4.78, 5) is 13.4. The maximum absolute atomic E-state index is 4.70. The van der Waals surface area contributed by atoms with Crippen molar-refractivity contribution in [1.29, 1.82) is 0 Å². The summed E-state index contributed by atoms with van der Waals surface area (Å²) in [6.07, 6.45) is 4.37. The van der Waals surface area contributed by atoms with E-state index >= 15 is 0 Å². The minimum atomic E-state index is 0.430. The maximum Gasteiger partial charge on any atom is 0.133 e. The highest BCUT2D eigenvalue weighted by Crippen LogP contribution is 2.21. The molecule has 2 rings (SSSR count). The highest BCUT2D eigenvalue weighted by molar-refractivity contribution is 5.29. The first kappa shape index (κ1) is 15.6. The van der Waals surface area contributed by atoms with E-state index in [0.29, 0.717) is 5.92 Å². The standard InChI is InChI=1S/C17H24N4/c1-5-18-11-12(2)17-13(3)20-16(21-14(17)4)10-15-6-8-19-9-7-15/h6-9,12,18H,5,10-11H2,1-4H3. The van der Waals surface area contributed by atoms with Crippen molar-refractivity contribution in [3.8, 4) is 0 Å². The third-order valence-electron chi connectivity index (χ3n) is 3.68. The fourth-order valence-electron chi connectivity index (χ4n) is 2.73. The number of hydrogen-bond acceptors (Lipinski definition) is 4. The van der Waals surface area contributed by atoms with Gasteiger partial charge in [0.15, 0.2) is 0 Å². The lowest BCUT2D eigenvalue weighted by Crippen LogP contribution is -2.21. The second-order valence-corrected chi connectivity index (χ2v) is 5.47. The SMILES string of the molecule is CCNCC(C)c1c(C)nc(Cc2ccncc2)nc1C. The average Bonchev–Trinajstić information content (AvgIpc) is 2.45. The van der Waals surface area contributed by atoms with E-state index in [4.69, 9.17) is 9.97 Å². The molecular formula is C17H24N4. The molecule has 2 aromatic heterocycles. The summed E-state index contributed by atoms with van der Waals surface area (Å²) < 4.78 is 0. The monoisotopic (exact) mass is 284 g/mol. The molecular weight excluding hydrogens is 260 g/mol. The van der Waals surface area contributed by atoms with Gasteiger partial charge in [-0.25, -0.2) is 9.97 Å². The Labute approximate surface area is 127 Å². The number of aromatic nitrogens is 3. The Kier molecular flexibility index (Phi) is 5.39. The van der Waals surface area contributed by atoms with Crippen LogP contribution in [0.25, 0.3) is 0 Å². The molecule has 0 saturated carbocycles. The zero-order valence-electron chi connectivity index (χ0n) is 13.3. The van der Waals surface area contributed by atoms with Crippen molar-refractivity contribution in [2.45, 2.75) is 40.0 Å². The summed E-state index contributed by atoms with van der Waals surface area (Å²) in [5.41, 5.74) is 4.65. The van der Waals surface area contributed by atoms with Crippen molar-refractivity contribution in [2.75, 3.05) is 13.1 Å².